The van der Waals surface area contributed by atoms with Gasteiger partial charge in [-0.25, -0.2) is 5.01 Å². The predicted octanol–water partition coefficient (Wildman–Crippen LogP) is 3.91. The number of aliphatic hydroxyl groups is 2. The Morgan fingerprint density at radius 3 is 2.70 bits per heavy atom. The number of hydrogen-bond donors (Lipinski definition) is 3. The largest absolute Gasteiger partial charge is 0.490 e. The van der Waals surface area contributed by atoms with Crippen LogP contribution in [0.15, 0.2) is 65.8 Å². The maximum Gasteiger partial charge on any atom is 0.262 e. The zero-order valence-corrected chi connectivity index (χ0v) is 24.6. The number of aliphatic hydroxyl groups excluding tert-OH is 2. The van der Waals surface area contributed by atoms with Crippen molar-refractivity contribution >= 4 is 46.5 Å². The van der Waals surface area contributed by atoms with Crippen LogP contribution in [0.2, 0.25) is 10.0 Å². The number of halogens is 2. The van der Waals surface area contributed by atoms with Crippen LogP contribution in [0.3, 0.4) is 0 Å². The average molecular weight is 620 g/mol. The molecule has 9 nitrogen and oxygen atoms in total. The van der Waals surface area contributed by atoms with Crippen molar-refractivity contribution in [2.45, 2.75) is 29.9 Å². The Hall–Kier alpha value is -4.07. The van der Waals surface area contributed by atoms with Crippen LogP contribution in [0.1, 0.15) is 40.6 Å². The number of carbonyl (C=O) groups excluding carboxylic acids is 2. The summed E-state index contributed by atoms with van der Waals surface area (Å²) in [6, 6.07) is 16.9. The molecule has 2 amide bonds. The maximum atomic E-state index is 14.7. The van der Waals surface area contributed by atoms with E-state index >= 15 is 0 Å². The van der Waals surface area contributed by atoms with E-state index < -0.39 is 30.1 Å². The SMILES string of the molecule is C#Cc1ccc(OCC(O)CO)c([C@H]2N3CC(=O)N(C)N=C3C[C@@H](c3cccc(Cl)c3)[C@]23C(=O)Nc2cc(Cl)ccc23)c1. The van der Waals surface area contributed by atoms with Crippen LogP contribution in [0.4, 0.5) is 5.69 Å². The molecule has 3 aliphatic rings. The fraction of sp³-hybridized carbons (Fsp3) is 0.281. The number of fused-ring (bicyclic) bond motifs is 3. The van der Waals surface area contributed by atoms with Crippen molar-refractivity contribution in [3.8, 4) is 18.1 Å². The lowest BCUT2D eigenvalue weighted by Crippen LogP contribution is -2.61. The number of piperidine rings is 1. The predicted molar refractivity (Wildman–Crippen MR) is 163 cm³/mol. The summed E-state index contributed by atoms with van der Waals surface area (Å²) in [4.78, 5) is 29.7. The number of benzene rings is 3. The molecule has 0 saturated carbocycles. The van der Waals surface area contributed by atoms with Gasteiger partial charge in [-0.3, -0.25) is 9.59 Å². The summed E-state index contributed by atoms with van der Waals surface area (Å²) in [6.45, 7) is -0.765. The van der Waals surface area contributed by atoms with Gasteiger partial charge in [0.1, 0.15) is 36.3 Å². The van der Waals surface area contributed by atoms with Crippen molar-refractivity contribution in [3.05, 3.63) is 93.0 Å². The highest BCUT2D eigenvalue weighted by Crippen LogP contribution is 2.61. The molecule has 220 valence electrons. The number of likely N-dealkylation sites (N-methyl/N-ethyl adjacent to an activating group) is 1. The Morgan fingerprint density at radius 1 is 1.16 bits per heavy atom. The maximum absolute atomic E-state index is 14.7. The highest BCUT2D eigenvalue weighted by molar-refractivity contribution is 6.31. The van der Waals surface area contributed by atoms with E-state index in [-0.39, 0.29) is 25.0 Å². The molecule has 1 fully saturated rings. The van der Waals surface area contributed by atoms with E-state index in [1.807, 2.05) is 29.2 Å². The van der Waals surface area contributed by atoms with Gasteiger partial charge in [0, 0.05) is 46.2 Å². The van der Waals surface area contributed by atoms with E-state index in [9.17, 15) is 19.8 Å². The molecule has 11 heteroatoms. The van der Waals surface area contributed by atoms with Crippen molar-refractivity contribution in [1.29, 1.82) is 0 Å². The minimum absolute atomic E-state index is 0.0563. The van der Waals surface area contributed by atoms with Crippen LogP contribution in [0.25, 0.3) is 0 Å². The third-order valence-electron chi connectivity index (χ3n) is 8.36. The van der Waals surface area contributed by atoms with E-state index in [1.54, 1.807) is 43.4 Å². The average Bonchev–Trinajstić information content (AvgIpc) is 3.27. The van der Waals surface area contributed by atoms with Gasteiger partial charge in [0.25, 0.3) is 5.91 Å². The Balaban J connectivity index is 1.69. The number of amides is 2. The summed E-state index contributed by atoms with van der Waals surface area (Å²) in [5.41, 5.74) is 1.77. The van der Waals surface area contributed by atoms with E-state index in [0.29, 0.717) is 50.4 Å². The molecule has 0 aliphatic carbocycles. The number of nitrogens with zero attached hydrogens (tertiary/aromatic N) is 3. The number of amidine groups is 1. The molecule has 3 aromatic rings. The third kappa shape index (κ3) is 4.81. The number of hydrogen-bond acceptors (Lipinski definition) is 7. The van der Waals surface area contributed by atoms with Gasteiger partial charge >= 0.3 is 0 Å². The second kappa shape index (κ2) is 11.2. The van der Waals surface area contributed by atoms with Crippen LogP contribution in [0, 0.1) is 12.3 Å². The van der Waals surface area contributed by atoms with E-state index in [0.717, 1.165) is 5.56 Å². The fourth-order valence-electron chi connectivity index (χ4n) is 6.49. The number of hydrazone groups is 1. The van der Waals surface area contributed by atoms with Gasteiger partial charge in [-0.1, -0.05) is 47.3 Å². The first-order valence-corrected chi connectivity index (χ1v) is 14.4. The molecule has 0 radical (unpaired) electrons. The topological polar surface area (TPSA) is 115 Å². The molecule has 4 atom stereocenters. The zero-order valence-electron chi connectivity index (χ0n) is 23.1. The van der Waals surface area contributed by atoms with Crippen LogP contribution in [-0.2, 0) is 15.0 Å². The van der Waals surface area contributed by atoms with Gasteiger partial charge in [-0.2, -0.15) is 5.10 Å². The monoisotopic (exact) mass is 618 g/mol. The lowest BCUT2D eigenvalue weighted by molar-refractivity contribution is -0.135. The van der Waals surface area contributed by atoms with Gasteiger partial charge in [0.05, 0.1) is 12.6 Å². The van der Waals surface area contributed by atoms with Crippen LogP contribution in [0.5, 0.6) is 5.75 Å². The summed E-state index contributed by atoms with van der Waals surface area (Å²) in [5.74, 6) is 2.55. The molecule has 3 N–H and O–H groups in total. The first-order chi connectivity index (χ1) is 20.7. The number of carbonyl (C=O) groups is 2. The van der Waals surface area contributed by atoms with Crippen molar-refractivity contribution in [2.24, 2.45) is 5.10 Å². The summed E-state index contributed by atoms with van der Waals surface area (Å²) < 4.78 is 6.06. The first kappa shape index (κ1) is 29.0. The van der Waals surface area contributed by atoms with E-state index in [1.165, 1.54) is 5.01 Å². The number of terminal acetylenes is 1. The fourth-order valence-corrected chi connectivity index (χ4v) is 6.86. The molecule has 1 saturated heterocycles. The molecular weight excluding hydrogens is 591 g/mol. The molecule has 1 unspecified atom stereocenters. The van der Waals surface area contributed by atoms with Crippen molar-refractivity contribution < 1.29 is 24.5 Å². The van der Waals surface area contributed by atoms with Crippen LogP contribution < -0.4 is 10.1 Å². The van der Waals surface area contributed by atoms with Gasteiger partial charge in [0.2, 0.25) is 5.91 Å². The van der Waals surface area contributed by atoms with Crippen LogP contribution >= 0.6 is 23.2 Å². The van der Waals surface area contributed by atoms with E-state index in [2.05, 4.69) is 16.3 Å². The van der Waals surface area contributed by atoms with Crippen LogP contribution in [-0.4, -0.2) is 70.7 Å². The Labute approximate surface area is 258 Å². The minimum atomic E-state index is -1.33. The van der Waals surface area contributed by atoms with Gasteiger partial charge in [-0.05, 0) is 53.6 Å². The van der Waals surface area contributed by atoms with Gasteiger partial charge in [-0.15, -0.1) is 6.42 Å². The summed E-state index contributed by atoms with van der Waals surface area (Å²) in [7, 11) is 1.60. The molecule has 3 aliphatic heterocycles. The highest BCUT2D eigenvalue weighted by atomic mass is 35.5. The Morgan fingerprint density at radius 2 is 1.95 bits per heavy atom. The van der Waals surface area contributed by atoms with Crippen molar-refractivity contribution in [3.63, 3.8) is 0 Å². The Bertz CT molecular complexity index is 1710. The molecule has 3 aromatic carbocycles. The second-order valence-electron chi connectivity index (χ2n) is 10.8. The third-order valence-corrected chi connectivity index (χ3v) is 8.83. The summed E-state index contributed by atoms with van der Waals surface area (Å²) in [5, 5.41) is 29.6. The highest BCUT2D eigenvalue weighted by Gasteiger charge is 2.64. The van der Waals surface area contributed by atoms with Gasteiger partial charge in [0.15, 0.2) is 0 Å². The molecular formula is C32H28Cl2N4O5. The number of nitrogens with one attached hydrogen (secondary N) is 1. The minimum Gasteiger partial charge on any atom is -0.490 e. The van der Waals surface area contributed by atoms with Crippen molar-refractivity contribution in [2.75, 3.05) is 32.1 Å². The zero-order chi connectivity index (χ0) is 30.5. The van der Waals surface area contributed by atoms with Crippen molar-refractivity contribution in [1.82, 2.24) is 9.91 Å². The normalized spacial score (nSPS) is 23.3. The standard InChI is InChI=1S/C32H28Cl2N4O5/c1-3-18-7-10-27(43-17-22(40)16-39)23(11-18)30-32(24-9-8-21(34)13-26(24)35-31(32)42)25(19-5-4-6-20(33)12-19)14-28-36-37(2)29(41)15-38(28)30/h1,4-13,22,25,30,39-40H,14-17H2,2H3,(H,35,42)/t22?,25-,30+,32-/m0/s1. The number of anilines is 1. The summed E-state index contributed by atoms with van der Waals surface area (Å²) in [6.07, 6.45) is 5.02. The first-order valence-electron chi connectivity index (χ1n) is 13.7. The smallest absolute Gasteiger partial charge is 0.262 e. The number of ether oxygens (including phenoxy) is 1. The molecule has 0 aromatic heterocycles. The number of rotatable bonds is 6. The molecule has 6 rings (SSSR count). The quantitative estimate of drug-likeness (QED) is 0.361. The van der Waals surface area contributed by atoms with Gasteiger partial charge < -0.3 is 25.2 Å². The lowest BCUT2D eigenvalue weighted by atomic mass is 9.58. The molecule has 1 spiro atoms. The summed E-state index contributed by atoms with van der Waals surface area (Å²) >= 11 is 12.9. The molecule has 0 bridgehead atoms. The van der Waals surface area contributed by atoms with E-state index in [4.69, 9.17) is 34.4 Å². The Kier molecular flexibility index (Phi) is 7.57. The molecule has 43 heavy (non-hydrogen) atoms. The molecule has 3 heterocycles. The lowest BCUT2D eigenvalue weighted by Gasteiger charge is -2.54. The second-order valence-corrected chi connectivity index (χ2v) is 11.7.